The van der Waals surface area contributed by atoms with Crippen LogP contribution in [0.4, 0.5) is 0 Å². The monoisotopic (exact) mass is 356 g/mol. The van der Waals surface area contributed by atoms with Crippen LogP contribution >= 0.6 is 0 Å². The first-order valence-corrected chi connectivity index (χ1v) is 8.41. The summed E-state index contributed by atoms with van der Waals surface area (Å²) in [5.41, 5.74) is 6.73. The van der Waals surface area contributed by atoms with Gasteiger partial charge in [-0.2, -0.15) is 0 Å². The molecule has 0 aromatic heterocycles. The molecule has 6 nitrogen and oxygen atoms in total. The smallest absolute Gasteiger partial charge is 0.276 e. The Morgan fingerprint density at radius 2 is 1.46 bits per heavy atom. The third kappa shape index (κ3) is 6.12. The first-order valence-electron chi connectivity index (χ1n) is 8.41. The highest BCUT2D eigenvalue weighted by atomic mass is 16.5. The molecule has 2 aromatic carbocycles. The molecular weight excluding hydrogens is 332 g/mol. The lowest BCUT2D eigenvalue weighted by molar-refractivity contribution is -0.129. The molecule has 0 atom stereocenters. The van der Waals surface area contributed by atoms with Gasteiger partial charge in [-0.3, -0.25) is 20.4 Å². The van der Waals surface area contributed by atoms with E-state index in [9.17, 15) is 9.59 Å². The van der Waals surface area contributed by atoms with Gasteiger partial charge in [0.2, 0.25) is 5.91 Å². The summed E-state index contributed by atoms with van der Waals surface area (Å²) >= 11 is 0. The molecule has 2 aromatic rings. The molecule has 0 aliphatic heterocycles. The fourth-order valence-electron chi connectivity index (χ4n) is 2.25. The molecule has 6 heteroatoms. The van der Waals surface area contributed by atoms with E-state index in [2.05, 4.69) is 24.7 Å². The standard InChI is InChI=1S/C20H24N2O4/c1-14(2)16-6-10-18(11-7-16)26-13-20(24)22-21-19(23)12-15-4-8-17(25-3)9-5-15/h4-11,14H,12-13H2,1-3H3,(H,21,23)(H,22,24). The van der Waals surface area contributed by atoms with Gasteiger partial charge in [0.15, 0.2) is 6.61 Å². The molecule has 0 aliphatic carbocycles. The average molecular weight is 356 g/mol. The van der Waals surface area contributed by atoms with Gasteiger partial charge < -0.3 is 9.47 Å². The summed E-state index contributed by atoms with van der Waals surface area (Å²) in [6.07, 6.45) is 0.155. The Labute approximate surface area is 153 Å². The van der Waals surface area contributed by atoms with Crippen LogP contribution < -0.4 is 20.3 Å². The van der Waals surface area contributed by atoms with Crippen LogP contribution in [-0.4, -0.2) is 25.5 Å². The van der Waals surface area contributed by atoms with Crippen LogP contribution in [-0.2, 0) is 16.0 Å². The van der Waals surface area contributed by atoms with Gasteiger partial charge in [0.25, 0.3) is 5.91 Å². The Kier molecular flexibility index (Phi) is 7.02. The molecule has 0 spiro atoms. The number of hydrogen-bond donors (Lipinski definition) is 2. The third-order valence-corrected chi connectivity index (χ3v) is 3.78. The van der Waals surface area contributed by atoms with E-state index in [0.717, 1.165) is 11.3 Å². The van der Waals surface area contributed by atoms with Crippen LogP contribution in [0, 0.1) is 0 Å². The van der Waals surface area contributed by atoms with Gasteiger partial charge in [-0.05, 0) is 41.3 Å². The molecule has 0 bridgehead atoms. The number of benzene rings is 2. The predicted molar refractivity (Wildman–Crippen MR) is 99.0 cm³/mol. The van der Waals surface area contributed by atoms with E-state index in [1.54, 1.807) is 31.4 Å². The van der Waals surface area contributed by atoms with E-state index in [0.29, 0.717) is 11.7 Å². The molecule has 2 N–H and O–H groups in total. The summed E-state index contributed by atoms with van der Waals surface area (Å²) in [4.78, 5) is 23.6. The van der Waals surface area contributed by atoms with Crippen molar-refractivity contribution >= 4 is 11.8 Å². The van der Waals surface area contributed by atoms with Crippen molar-refractivity contribution < 1.29 is 19.1 Å². The van der Waals surface area contributed by atoms with Crippen LogP contribution in [0.15, 0.2) is 48.5 Å². The fraction of sp³-hybridized carbons (Fsp3) is 0.300. The van der Waals surface area contributed by atoms with Crippen LogP contribution in [0.3, 0.4) is 0 Å². The molecule has 0 radical (unpaired) electrons. The van der Waals surface area contributed by atoms with E-state index in [4.69, 9.17) is 9.47 Å². The molecule has 0 fully saturated rings. The minimum atomic E-state index is -0.430. The van der Waals surface area contributed by atoms with Crippen molar-refractivity contribution in [1.29, 1.82) is 0 Å². The summed E-state index contributed by atoms with van der Waals surface area (Å²) in [6.45, 7) is 4.04. The second-order valence-electron chi connectivity index (χ2n) is 6.13. The lowest BCUT2D eigenvalue weighted by atomic mass is 10.0. The fourth-order valence-corrected chi connectivity index (χ4v) is 2.25. The number of hydrazine groups is 1. The first kappa shape index (κ1) is 19.3. The maximum atomic E-state index is 11.8. The van der Waals surface area contributed by atoms with Crippen molar-refractivity contribution in [2.24, 2.45) is 0 Å². The average Bonchev–Trinajstić information content (AvgIpc) is 2.65. The molecule has 0 heterocycles. The quantitative estimate of drug-likeness (QED) is 0.748. The molecular formula is C20H24N2O4. The lowest BCUT2D eigenvalue weighted by Crippen LogP contribution is -2.44. The summed E-state index contributed by atoms with van der Waals surface area (Å²) in [5, 5.41) is 0. The number of amides is 2. The van der Waals surface area contributed by atoms with Gasteiger partial charge in [-0.1, -0.05) is 38.1 Å². The second-order valence-corrected chi connectivity index (χ2v) is 6.13. The highest BCUT2D eigenvalue weighted by molar-refractivity contribution is 5.83. The Morgan fingerprint density at radius 1 is 0.885 bits per heavy atom. The van der Waals surface area contributed by atoms with Crippen LogP contribution in [0.1, 0.15) is 30.9 Å². The minimum Gasteiger partial charge on any atom is -0.497 e. The zero-order valence-corrected chi connectivity index (χ0v) is 15.2. The van der Waals surface area contributed by atoms with Gasteiger partial charge in [-0.25, -0.2) is 0 Å². The maximum absolute atomic E-state index is 11.8. The highest BCUT2D eigenvalue weighted by Gasteiger charge is 2.07. The first-order chi connectivity index (χ1) is 12.5. The summed E-state index contributed by atoms with van der Waals surface area (Å²) in [6, 6.07) is 14.7. The number of nitrogens with one attached hydrogen (secondary N) is 2. The number of carbonyl (C=O) groups excluding carboxylic acids is 2. The Hall–Kier alpha value is -3.02. The van der Waals surface area contributed by atoms with Crippen molar-refractivity contribution in [3.05, 3.63) is 59.7 Å². The SMILES string of the molecule is COc1ccc(CC(=O)NNC(=O)COc2ccc(C(C)C)cc2)cc1. The Morgan fingerprint density at radius 3 is 2.04 bits per heavy atom. The second kappa shape index (κ2) is 9.46. The van der Waals surface area contributed by atoms with E-state index in [-0.39, 0.29) is 18.9 Å². The molecule has 0 saturated heterocycles. The van der Waals surface area contributed by atoms with Gasteiger partial charge in [0, 0.05) is 0 Å². The molecule has 0 unspecified atom stereocenters. The number of carbonyl (C=O) groups is 2. The van der Waals surface area contributed by atoms with Crippen molar-refractivity contribution in [3.8, 4) is 11.5 Å². The van der Waals surface area contributed by atoms with Gasteiger partial charge in [0.1, 0.15) is 11.5 Å². The molecule has 0 saturated carbocycles. The predicted octanol–water partition coefficient (Wildman–Crippen LogP) is 2.59. The minimum absolute atomic E-state index is 0.155. The van der Waals surface area contributed by atoms with E-state index < -0.39 is 5.91 Å². The summed E-state index contributed by atoms with van der Waals surface area (Å²) < 4.78 is 10.5. The molecule has 0 aliphatic rings. The summed E-state index contributed by atoms with van der Waals surface area (Å²) in [7, 11) is 1.58. The molecule has 2 amide bonds. The largest absolute Gasteiger partial charge is 0.497 e. The number of ether oxygens (including phenoxy) is 2. The zero-order chi connectivity index (χ0) is 18.9. The topological polar surface area (TPSA) is 76.7 Å². The van der Waals surface area contributed by atoms with Gasteiger partial charge in [0.05, 0.1) is 13.5 Å². The van der Waals surface area contributed by atoms with Crippen molar-refractivity contribution in [1.82, 2.24) is 10.9 Å². The Balaban J connectivity index is 1.71. The molecule has 2 rings (SSSR count). The zero-order valence-electron chi connectivity index (χ0n) is 15.2. The number of methoxy groups -OCH3 is 1. The maximum Gasteiger partial charge on any atom is 0.276 e. The number of hydrogen-bond acceptors (Lipinski definition) is 4. The number of rotatable bonds is 7. The molecule has 26 heavy (non-hydrogen) atoms. The molecule has 138 valence electrons. The van der Waals surface area contributed by atoms with Crippen molar-refractivity contribution in [2.45, 2.75) is 26.2 Å². The van der Waals surface area contributed by atoms with E-state index in [1.165, 1.54) is 5.56 Å². The van der Waals surface area contributed by atoms with Crippen LogP contribution in [0.2, 0.25) is 0 Å². The van der Waals surface area contributed by atoms with Gasteiger partial charge in [-0.15, -0.1) is 0 Å². The Bertz CT molecular complexity index is 724. The normalized spacial score (nSPS) is 10.3. The highest BCUT2D eigenvalue weighted by Crippen LogP contribution is 2.18. The van der Waals surface area contributed by atoms with E-state index >= 15 is 0 Å². The van der Waals surface area contributed by atoms with Crippen molar-refractivity contribution in [3.63, 3.8) is 0 Å². The van der Waals surface area contributed by atoms with Crippen molar-refractivity contribution in [2.75, 3.05) is 13.7 Å². The van der Waals surface area contributed by atoms with Crippen LogP contribution in [0.5, 0.6) is 11.5 Å². The lowest BCUT2D eigenvalue weighted by Gasteiger charge is -2.10. The van der Waals surface area contributed by atoms with Crippen LogP contribution in [0.25, 0.3) is 0 Å². The summed E-state index contributed by atoms with van der Waals surface area (Å²) in [5.74, 6) is 1.02. The van der Waals surface area contributed by atoms with E-state index in [1.807, 2.05) is 24.3 Å². The van der Waals surface area contributed by atoms with Gasteiger partial charge >= 0.3 is 0 Å². The third-order valence-electron chi connectivity index (χ3n) is 3.78.